The SMILES string of the molecule is CCN(CC(=O)NCC(=O)Nc1ccc(F)c(F)c1)Cc1ccc(OC)c(F)c1. The Morgan fingerprint density at radius 3 is 2.38 bits per heavy atom. The van der Waals surface area contributed by atoms with Crippen molar-refractivity contribution in [2.45, 2.75) is 13.5 Å². The third-order valence-corrected chi connectivity index (χ3v) is 4.09. The van der Waals surface area contributed by atoms with Crippen molar-refractivity contribution in [2.24, 2.45) is 0 Å². The Bertz CT molecular complexity index is 877. The Labute approximate surface area is 166 Å². The zero-order valence-electron chi connectivity index (χ0n) is 16.1. The van der Waals surface area contributed by atoms with Crippen LogP contribution >= 0.6 is 0 Å². The normalized spacial score (nSPS) is 10.7. The number of carbonyl (C=O) groups is 2. The Morgan fingerprint density at radius 2 is 1.76 bits per heavy atom. The van der Waals surface area contributed by atoms with Gasteiger partial charge in [0.1, 0.15) is 0 Å². The minimum absolute atomic E-state index is 0.00258. The van der Waals surface area contributed by atoms with Crippen molar-refractivity contribution < 1.29 is 27.5 Å². The average Bonchev–Trinajstić information content (AvgIpc) is 2.69. The molecule has 29 heavy (non-hydrogen) atoms. The molecule has 0 bridgehead atoms. The quantitative estimate of drug-likeness (QED) is 0.668. The summed E-state index contributed by atoms with van der Waals surface area (Å²) in [6.07, 6.45) is 0. The van der Waals surface area contributed by atoms with Crippen molar-refractivity contribution in [2.75, 3.05) is 32.1 Å². The van der Waals surface area contributed by atoms with E-state index in [-0.39, 0.29) is 24.5 Å². The van der Waals surface area contributed by atoms with Crippen LogP contribution in [0.2, 0.25) is 0 Å². The van der Waals surface area contributed by atoms with Gasteiger partial charge in [0, 0.05) is 18.3 Å². The lowest BCUT2D eigenvalue weighted by Gasteiger charge is -2.20. The van der Waals surface area contributed by atoms with Crippen LogP contribution in [0, 0.1) is 17.5 Å². The molecule has 2 rings (SSSR count). The first-order valence-corrected chi connectivity index (χ1v) is 8.88. The van der Waals surface area contributed by atoms with Crippen LogP contribution in [0.3, 0.4) is 0 Å². The topological polar surface area (TPSA) is 70.7 Å². The smallest absolute Gasteiger partial charge is 0.243 e. The molecule has 0 aliphatic heterocycles. The number of likely N-dealkylation sites (N-methyl/N-ethyl adjacent to an activating group) is 1. The number of halogens is 3. The minimum atomic E-state index is -1.08. The predicted molar refractivity (Wildman–Crippen MR) is 102 cm³/mol. The van der Waals surface area contributed by atoms with E-state index in [1.54, 1.807) is 11.0 Å². The molecular formula is C20H22F3N3O3. The van der Waals surface area contributed by atoms with Crippen molar-refractivity contribution in [1.82, 2.24) is 10.2 Å². The first-order chi connectivity index (χ1) is 13.8. The lowest BCUT2D eigenvalue weighted by Crippen LogP contribution is -2.40. The molecule has 0 saturated carbocycles. The second kappa shape index (κ2) is 10.5. The van der Waals surface area contributed by atoms with Gasteiger partial charge in [0.15, 0.2) is 23.2 Å². The molecule has 6 nitrogen and oxygen atoms in total. The number of nitrogens with zero attached hydrogens (tertiary/aromatic N) is 1. The standard InChI is InChI=1S/C20H22F3N3O3/c1-3-26(11-13-4-7-18(29-2)17(23)8-13)12-20(28)24-10-19(27)25-14-5-6-15(21)16(22)9-14/h4-9H,3,10-12H2,1-2H3,(H,24,28)(H,25,27). The molecule has 2 aromatic rings. The van der Waals surface area contributed by atoms with Crippen LogP contribution in [0.5, 0.6) is 5.75 Å². The van der Waals surface area contributed by atoms with Gasteiger partial charge in [-0.05, 0) is 36.4 Å². The van der Waals surface area contributed by atoms with Gasteiger partial charge in [-0.1, -0.05) is 13.0 Å². The van der Waals surface area contributed by atoms with Gasteiger partial charge in [-0.25, -0.2) is 13.2 Å². The van der Waals surface area contributed by atoms with E-state index in [0.29, 0.717) is 18.7 Å². The molecule has 0 saturated heterocycles. The van der Waals surface area contributed by atoms with Crippen molar-refractivity contribution in [3.8, 4) is 5.75 Å². The average molecular weight is 409 g/mol. The van der Waals surface area contributed by atoms with Crippen molar-refractivity contribution >= 4 is 17.5 Å². The number of anilines is 1. The van der Waals surface area contributed by atoms with Gasteiger partial charge in [-0.15, -0.1) is 0 Å². The second-order valence-electron chi connectivity index (χ2n) is 6.23. The highest BCUT2D eigenvalue weighted by Crippen LogP contribution is 2.18. The van der Waals surface area contributed by atoms with E-state index in [0.717, 1.165) is 12.1 Å². The first-order valence-electron chi connectivity index (χ1n) is 8.88. The maximum atomic E-state index is 13.8. The van der Waals surface area contributed by atoms with E-state index in [2.05, 4.69) is 10.6 Å². The monoisotopic (exact) mass is 409 g/mol. The molecule has 0 aliphatic rings. The highest BCUT2D eigenvalue weighted by atomic mass is 19.2. The number of methoxy groups -OCH3 is 1. The lowest BCUT2D eigenvalue weighted by molar-refractivity contribution is -0.125. The van der Waals surface area contributed by atoms with Gasteiger partial charge in [0.05, 0.1) is 20.2 Å². The fourth-order valence-corrected chi connectivity index (χ4v) is 2.56. The molecule has 2 amide bonds. The molecule has 0 fully saturated rings. The molecule has 0 aromatic heterocycles. The molecule has 0 aliphatic carbocycles. The van der Waals surface area contributed by atoms with Gasteiger partial charge in [-0.3, -0.25) is 14.5 Å². The van der Waals surface area contributed by atoms with Crippen molar-refractivity contribution in [3.63, 3.8) is 0 Å². The van der Waals surface area contributed by atoms with Crippen LogP contribution < -0.4 is 15.4 Å². The van der Waals surface area contributed by atoms with Crippen molar-refractivity contribution in [1.29, 1.82) is 0 Å². The third-order valence-electron chi connectivity index (χ3n) is 4.09. The number of ether oxygens (including phenoxy) is 1. The fraction of sp³-hybridized carbons (Fsp3) is 0.300. The summed E-state index contributed by atoms with van der Waals surface area (Å²) >= 11 is 0. The van der Waals surface area contributed by atoms with Crippen LogP contribution in [0.1, 0.15) is 12.5 Å². The van der Waals surface area contributed by atoms with Gasteiger partial charge >= 0.3 is 0 Å². The van der Waals surface area contributed by atoms with E-state index in [9.17, 15) is 22.8 Å². The van der Waals surface area contributed by atoms with Gasteiger partial charge in [0.25, 0.3) is 0 Å². The summed E-state index contributed by atoms with van der Waals surface area (Å²) in [5.74, 6) is -3.43. The Hall–Kier alpha value is -3.07. The number of rotatable bonds is 9. The second-order valence-corrected chi connectivity index (χ2v) is 6.23. The number of nitrogens with one attached hydrogen (secondary N) is 2. The Balaban J connectivity index is 1.82. The maximum Gasteiger partial charge on any atom is 0.243 e. The number of benzene rings is 2. The zero-order valence-corrected chi connectivity index (χ0v) is 16.1. The van der Waals surface area contributed by atoms with E-state index >= 15 is 0 Å². The first kappa shape index (κ1) is 22.2. The lowest BCUT2D eigenvalue weighted by atomic mass is 10.2. The third kappa shape index (κ3) is 6.79. The number of carbonyl (C=O) groups excluding carboxylic acids is 2. The predicted octanol–water partition coefficient (Wildman–Crippen LogP) is 2.69. The summed E-state index contributed by atoms with van der Waals surface area (Å²) in [5, 5.41) is 4.82. The summed E-state index contributed by atoms with van der Waals surface area (Å²) in [6.45, 7) is 2.39. The summed E-state index contributed by atoms with van der Waals surface area (Å²) < 4.78 is 44.7. The molecule has 0 heterocycles. The molecule has 2 aromatic carbocycles. The van der Waals surface area contributed by atoms with E-state index in [1.807, 2.05) is 6.92 Å². The number of amides is 2. The molecule has 2 N–H and O–H groups in total. The van der Waals surface area contributed by atoms with Gasteiger partial charge < -0.3 is 15.4 Å². The van der Waals surface area contributed by atoms with Crippen LogP contribution in [-0.4, -0.2) is 43.5 Å². The van der Waals surface area contributed by atoms with Crippen LogP contribution in [0.25, 0.3) is 0 Å². The number of hydrogen-bond acceptors (Lipinski definition) is 4. The fourth-order valence-electron chi connectivity index (χ4n) is 2.56. The molecule has 0 unspecified atom stereocenters. The van der Waals surface area contributed by atoms with E-state index in [4.69, 9.17) is 4.74 Å². The molecule has 0 radical (unpaired) electrons. The molecular weight excluding hydrogens is 387 g/mol. The minimum Gasteiger partial charge on any atom is -0.494 e. The van der Waals surface area contributed by atoms with Crippen LogP contribution in [-0.2, 0) is 16.1 Å². The molecule has 0 atom stereocenters. The van der Waals surface area contributed by atoms with E-state index in [1.165, 1.54) is 25.3 Å². The van der Waals surface area contributed by atoms with E-state index < -0.39 is 29.3 Å². The Morgan fingerprint density at radius 1 is 1.00 bits per heavy atom. The number of hydrogen-bond donors (Lipinski definition) is 2. The van der Waals surface area contributed by atoms with Crippen molar-refractivity contribution in [3.05, 3.63) is 59.4 Å². The Kier molecular flexibility index (Phi) is 8.02. The maximum absolute atomic E-state index is 13.8. The zero-order chi connectivity index (χ0) is 21.4. The highest BCUT2D eigenvalue weighted by Gasteiger charge is 2.13. The molecule has 9 heteroatoms. The van der Waals surface area contributed by atoms with Gasteiger partial charge in [-0.2, -0.15) is 0 Å². The van der Waals surface area contributed by atoms with Crippen LogP contribution in [0.15, 0.2) is 36.4 Å². The largest absolute Gasteiger partial charge is 0.494 e. The van der Waals surface area contributed by atoms with Gasteiger partial charge in [0.2, 0.25) is 11.8 Å². The summed E-state index contributed by atoms with van der Waals surface area (Å²) in [7, 11) is 1.38. The molecule has 156 valence electrons. The summed E-state index contributed by atoms with van der Waals surface area (Å²) in [5.41, 5.74) is 0.758. The summed E-state index contributed by atoms with van der Waals surface area (Å²) in [6, 6.07) is 7.52. The molecule has 0 spiro atoms. The van der Waals surface area contributed by atoms with Crippen LogP contribution in [0.4, 0.5) is 18.9 Å². The summed E-state index contributed by atoms with van der Waals surface area (Å²) in [4.78, 5) is 25.7. The highest BCUT2D eigenvalue weighted by molar-refractivity contribution is 5.94.